The van der Waals surface area contributed by atoms with Gasteiger partial charge in [0.1, 0.15) is 17.4 Å². The molecule has 1 amide bonds. The number of rotatable bonds is 8. The van der Waals surface area contributed by atoms with E-state index in [2.05, 4.69) is 5.32 Å². The van der Waals surface area contributed by atoms with Gasteiger partial charge in [0.2, 0.25) is 5.75 Å². The van der Waals surface area contributed by atoms with Gasteiger partial charge in [-0.1, -0.05) is 24.3 Å². The molecule has 0 aromatic heterocycles. The number of phenols is 1. The Hall–Kier alpha value is -3.92. The van der Waals surface area contributed by atoms with Crippen molar-refractivity contribution in [1.29, 1.82) is 5.26 Å². The first-order chi connectivity index (χ1) is 14.0. The number of aromatic hydroxyl groups is 1. The van der Waals surface area contributed by atoms with Crippen molar-refractivity contribution in [3.63, 3.8) is 0 Å². The Bertz CT molecular complexity index is 948. The number of phenolic OH excluding ortho intramolecular Hbond substituents is 1. The molecule has 0 saturated carbocycles. The molecule has 0 bridgehead atoms. The molecule has 2 rings (SSSR count). The molecule has 150 valence electrons. The second kappa shape index (κ2) is 10.4. The number of carbonyl (C=O) groups is 1. The van der Waals surface area contributed by atoms with Crippen molar-refractivity contribution in [3.05, 3.63) is 65.3 Å². The smallest absolute Gasteiger partial charge is 0.262 e. The normalized spacial score (nSPS) is 11.0. The lowest BCUT2D eigenvalue weighted by Gasteiger charge is -2.09. The molecule has 0 spiro atoms. The van der Waals surface area contributed by atoms with Gasteiger partial charge in [0, 0.05) is 6.54 Å². The predicted molar refractivity (Wildman–Crippen MR) is 109 cm³/mol. The Balaban J connectivity index is 2.09. The molecule has 0 aliphatic rings. The fourth-order valence-electron chi connectivity index (χ4n) is 2.49. The number of ether oxygens (including phenoxy) is 3. The first kappa shape index (κ1) is 21.4. The van der Waals surface area contributed by atoms with E-state index in [0.717, 1.165) is 5.56 Å². The highest BCUT2D eigenvalue weighted by Crippen LogP contribution is 2.37. The highest BCUT2D eigenvalue weighted by molar-refractivity contribution is 5.97. The van der Waals surface area contributed by atoms with Crippen LogP contribution >= 0.6 is 0 Å². The van der Waals surface area contributed by atoms with Crippen LogP contribution in [0.2, 0.25) is 0 Å². The van der Waals surface area contributed by atoms with Crippen LogP contribution in [0, 0.1) is 11.3 Å². The van der Waals surface area contributed by atoms with Gasteiger partial charge in [-0.05, 0) is 41.5 Å². The highest BCUT2D eigenvalue weighted by Gasteiger charge is 2.10. The monoisotopic (exact) mass is 394 g/mol. The minimum Gasteiger partial charge on any atom is -0.502 e. The summed E-state index contributed by atoms with van der Waals surface area (Å²) < 4.78 is 15.3. The average molecular weight is 394 g/mol. The van der Waals surface area contributed by atoms with Crippen molar-refractivity contribution in [2.75, 3.05) is 21.3 Å². The van der Waals surface area contributed by atoms with Gasteiger partial charge in [-0.2, -0.15) is 5.26 Å². The van der Waals surface area contributed by atoms with Crippen LogP contribution in [-0.2, 0) is 11.3 Å². The number of methoxy groups -OCH3 is 3. The van der Waals surface area contributed by atoms with E-state index in [9.17, 15) is 15.2 Å². The van der Waals surface area contributed by atoms with Crippen molar-refractivity contribution in [2.24, 2.45) is 0 Å². The summed E-state index contributed by atoms with van der Waals surface area (Å²) in [4.78, 5) is 12.2. The summed E-state index contributed by atoms with van der Waals surface area (Å²) in [5.41, 5.74) is 1.48. The van der Waals surface area contributed by atoms with Crippen LogP contribution in [0.3, 0.4) is 0 Å². The van der Waals surface area contributed by atoms with E-state index < -0.39 is 5.91 Å². The average Bonchev–Trinajstić information content (AvgIpc) is 2.76. The summed E-state index contributed by atoms with van der Waals surface area (Å²) in [6.45, 7) is 0.269. The quantitative estimate of drug-likeness (QED) is 0.405. The van der Waals surface area contributed by atoms with Crippen LogP contribution in [0.25, 0.3) is 6.08 Å². The molecule has 0 atom stereocenters. The zero-order chi connectivity index (χ0) is 21.2. The number of amides is 1. The van der Waals surface area contributed by atoms with Crippen molar-refractivity contribution in [3.8, 4) is 29.1 Å². The molecule has 0 aliphatic carbocycles. The Kier molecular flexibility index (Phi) is 7.68. The first-order valence-electron chi connectivity index (χ1n) is 8.67. The van der Waals surface area contributed by atoms with Crippen molar-refractivity contribution < 1.29 is 24.1 Å². The second-order valence-corrected chi connectivity index (χ2v) is 5.86. The summed E-state index contributed by atoms with van der Waals surface area (Å²) >= 11 is 0. The van der Waals surface area contributed by atoms with Crippen molar-refractivity contribution in [2.45, 2.75) is 6.54 Å². The number of nitrogens with zero attached hydrogens (tertiary/aromatic N) is 1. The third kappa shape index (κ3) is 5.78. The summed E-state index contributed by atoms with van der Waals surface area (Å²) in [6, 6.07) is 12.4. The molecule has 0 radical (unpaired) electrons. The summed E-state index contributed by atoms with van der Waals surface area (Å²) in [5, 5.41) is 21.9. The number of nitrogens with one attached hydrogen (secondary N) is 1. The largest absolute Gasteiger partial charge is 0.502 e. The molecule has 0 unspecified atom stereocenters. The molecule has 7 heteroatoms. The number of hydrogen-bond donors (Lipinski definition) is 2. The molecule has 29 heavy (non-hydrogen) atoms. The van der Waals surface area contributed by atoms with Gasteiger partial charge in [0.15, 0.2) is 11.5 Å². The molecule has 0 aliphatic heterocycles. The third-order valence-electron chi connectivity index (χ3n) is 4.01. The van der Waals surface area contributed by atoms with E-state index in [4.69, 9.17) is 14.2 Å². The van der Waals surface area contributed by atoms with E-state index >= 15 is 0 Å². The molecule has 0 fully saturated rings. The van der Waals surface area contributed by atoms with Crippen LogP contribution in [0.4, 0.5) is 0 Å². The molecule has 2 aromatic rings. The molecular weight excluding hydrogens is 372 g/mol. The Morgan fingerprint density at radius 1 is 1.14 bits per heavy atom. The fraction of sp³-hybridized carbons (Fsp3) is 0.182. The van der Waals surface area contributed by atoms with E-state index in [1.165, 1.54) is 20.3 Å². The van der Waals surface area contributed by atoms with Gasteiger partial charge in [-0.25, -0.2) is 0 Å². The van der Waals surface area contributed by atoms with Crippen LogP contribution in [0.15, 0.2) is 54.1 Å². The van der Waals surface area contributed by atoms with E-state index in [1.54, 1.807) is 31.4 Å². The standard InChI is InChI=1S/C22H22N2O5/c1-27-18-9-5-7-16(10-18)14-24-22(26)17(13-23)8-4-6-15-11-19(28-2)21(25)20(12-15)29-3/h4-12,25H,14H2,1-3H3,(H,24,26)/b6-4+,17-8+. The SMILES string of the molecule is COc1cccc(CNC(=O)/C(C#N)=C/C=C/c2cc(OC)c(O)c(OC)c2)c1. The van der Waals surface area contributed by atoms with Gasteiger partial charge in [0.05, 0.1) is 21.3 Å². The second-order valence-electron chi connectivity index (χ2n) is 5.86. The summed E-state index contributed by atoms with van der Waals surface area (Å²) in [7, 11) is 4.44. The maximum atomic E-state index is 12.2. The number of hydrogen-bond acceptors (Lipinski definition) is 6. The fourth-order valence-corrected chi connectivity index (χ4v) is 2.49. The maximum Gasteiger partial charge on any atom is 0.262 e. The highest BCUT2D eigenvalue weighted by atomic mass is 16.5. The van der Waals surface area contributed by atoms with Gasteiger partial charge in [-0.3, -0.25) is 4.79 Å². The van der Waals surface area contributed by atoms with E-state index in [0.29, 0.717) is 11.3 Å². The predicted octanol–water partition coefficient (Wildman–Crippen LogP) is 3.20. The first-order valence-corrected chi connectivity index (χ1v) is 8.67. The zero-order valence-corrected chi connectivity index (χ0v) is 16.4. The molecule has 2 N–H and O–H groups in total. The van der Waals surface area contributed by atoms with Crippen LogP contribution in [0.5, 0.6) is 23.0 Å². The topological polar surface area (TPSA) is 101 Å². The van der Waals surface area contributed by atoms with E-state index in [-0.39, 0.29) is 29.4 Å². The summed E-state index contributed by atoms with van der Waals surface area (Å²) in [6.07, 6.45) is 4.64. The number of carbonyl (C=O) groups excluding carboxylic acids is 1. The Morgan fingerprint density at radius 3 is 2.41 bits per heavy atom. The van der Waals surface area contributed by atoms with Crippen LogP contribution in [-0.4, -0.2) is 32.3 Å². The lowest BCUT2D eigenvalue weighted by Crippen LogP contribution is -2.23. The van der Waals surface area contributed by atoms with Gasteiger partial charge in [-0.15, -0.1) is 0 Å². The van der Waals surface area contributed by atoms with Gasteiger partial charge >= 0.3 is 0 Å². The molecule has 2 aromatic carbocycles. The van der Waals surface area contributed by atoms with Crippen LogP contribution < -0.4 is 19.5 Å². The minimum absolute atomic E-state index is 0.0399. The number of benzene rings is 2. The minimum atomic E-state index is -0.485. The lowest BCUT2D eigenvalue weighted by molar-refractivity contribution is -0.117. The summed E-state index contributed by atoms with van der Waals surface area (Å²) in [5.74, 6) is 0.614. The van der Waals surface area contributed by atoms with Gasteiger partial charge in [0.25, 0.3) is 5.91 Å². The molecule has 0 saturated heterocycles. The number of allylic oxidation sites excluding steroid dienone is 2. The Labute approximate surface area is 169 Å². The van der Waals surface area contributed by atoms with E-state index in [1.807, 2.05) is 30.3 Å². The molecule has 7 nitrogen and oxygen atoms in total. The van der Waals surface area contributed by atoms with Gasteiger partial charge < -0.3 is 24.6 Å². The molecular formula is C22H22N2O5. The Morgan fingerprint density at radius 2 is 1.83 bits per heavy atom. The number of nitriles is 1. The molecule has 0 heterocycles. The van der Waals surface area contributed by atoms with Crippen molar-refractivity contribution >= 4 is 12.0 Å². The van der Waals surface area contributed by atoms with Crippen molar-refractivity contribution in [1.82, 2.24) is 5.32 Å². The van der Waals surface area contributed by atoms with Crippen LogP contribution in [0.1, 0.15) is 11.1 Å². The maximum absolute atomic E-state index is 12.2. The third-order valence-corrected chi connectivity index (χ3v) is 4.01. The zero-order valence-electron chi connectivity index (χ0n) is 16.4. The lowest BCUT2D eigenvalue weighted by atomic mass is 10.1.